The number of carbonyl (C=O) groups excluding carboxylic acids is 1. The molecular formula is C27H20N4O2. The van der Waals surface area contributed by atoms with E-state index in [-0.39, 0.29) is 5.91 Å². The van der Waals surface area contributed by atoms with Crippen LogP contribution >= 0.6 is 0 Å². The minimum atomic E-state index is -0.373. The third-order valence-corrected chi connectivity index (χ3v) is 5.08. The van der Waals surface area contributed by atoms with Gasteiger partial charge in [-0.15, -0.1) is 0 Å². The number of H-pyrrole nitrogens is 1. The van der Waals surface area contributed by atoms with Gasteiger partial charge in [0.25, 0.3) is 5.91 Å². The Bertz CT molecular complexity index is 1440. The van der Waals surface area contributed by atoms with Gasteiger partial charge in [-0.3, -0.25) is 9.89 Å². The highest BCUT2D eigenvalue weighted by Crippen LogP contribution is 2.24. The van der Waals surface area contributed by atoms with Gasteiger partial charge in [-0.05, 0) is 52.7 Å². The van der Waals surface area contributed by atoms with Crippen molar-refractivity contribution in [2.45, 2.75) is 0 Å². The van der Waals surface area contributed by atoms with Gasteiger partial charge in [-0.1, -0.05) is 66.7 Å². The van der Waals surface area contributed by atoms with Gasteiger partial charge in [0, 0.05) is 5.56 Å². The highest BCUT2D eigenvalue weighted by Gasteiger charge is 2.11. The molecule has 1 aromatic heterocycles. The van der Waals surface area contributed by atoms with Gasteiger partial charge in [-0.25, -0.2) is 5.43 Å². The Balaban J connectivity index is 1.24. The second kappa shape index (κ2) is 9.20. The lowest BCUT2D eigenvalue weighted by Gasteiger charge is -2.05. The van der Waals surface area contributed by atoms with Crippen LogP contribution in [-0.2, 0) is 0 Å². The first-order chi connectivity index (χ1) is 16.2. The Morgan fingerprint density at radius 2 is 1.61 bits per heavy atom. The lowest BCUT2D eigenvalue weighted by atomic mass is 10.1. The predicted octanol–water partition coefficient (Wildman–Crippen LogP) is 5.79. The van der Waals surface area contributed by atoms with Gasteiger partial charge in [-0.2, -0.15) is 10.2 Å². The molecule has 6 heteroatoms. The summed E-state index contributed by atoms with van der Waals surface area (Å²) in [5.41, 5.74) is 5.28. The van der Waals surface area contributed by atoms with E-state index in [4.69, 9.17) is 4.74 Å². The molecule has 2 N–H and O–H groups in total. The highest BCUT2D eigenvalue weighted by molar-refractivity contribution is 5.94. The van der Waals surface area contributed by atoms with E-state index in [1.807, 2.05) is 84.9 Å². The largest absolute Gasteiger partial charge is 0.457 e. The number of rotatable bonds is 6. The fraction of sp³-hybridized carbons (Fsp3) is 0. The van der Waals surface area contributed by atoms with Gasteiger partial charge in [0.05, 0.1) is 11.9 Å². The Morgan fingerprint density at radius 1 is 0.818 bits per heavy atom. The quantitative estimate of drug-likeness (QED) is 0.263. The van der Waals surface area contributed by atoms with Crippen molar-refractivity contribution < 1.29 is 9.53 Å². The van der Waals surface area contributed by atoms with Crippen molar-refractivity contribution in [2.24, 2.45) is 5.10 Å². The van der Waals surface area contributed by atoms with Crippen LogP contribution in [0.4, 0.5) is 0 Å². The Morgan fingerprint density at radius 3 is 2.48 bits per heavy atom. The molecule has 5 aromatic rings. The second-order valence-corrected chi connectivity index (χ2v) is 7.42. The molecule has 0 saturated carbocycles. The summed E-state index contributed by atoms with van der Waals surface area (Å²) >= 11 is 0. The standard InChI is InChI=1S/C27H20N4O2/c32-27(26-17-25(29-30-26)22-14-13-20-8-4-5-9-21(20)16-22)31-28-18-19-7-6-12-24(15-19)33-23-10-2-1-3-11-23/h1-18H,(H,29,30)(H,31,32)/b28-18-. The van der Waals surface area contributed by atoms with Gasteiger partial charge in [0.15, 0.2) is 0 Å². The maximum Gasteiger partial charge on any atom is 0.289 e. The fourth-order valence-electron chi connectivity index (χ4n) is 3.44. The third kappa shape index (κ3) is 4.80. The molecule has 0 bridgehead atoms. The third-order valence-electron chi connectivity index (χ3n) is 5.08. The van der Waals surface area contributed by atoms with Crippen molar-refractivity contribution in [1.82, 2.24) is 15.6 Å². The van der Waals surface area contributed by atoms with E-state index in [0.717, 1.165) is 27.6 Å². The molecule has 0 fully saturated rings. The topological polar surface area (TPSA) is 79.4 Å². The van der Waals surface area contributed by atoms with Gasteiger partial charge < -0.3 is 4.74 Å². The Labute approximate surface area is 190 Å². The molecule has 0 spiro atoms. The molecule has 1 amide bonds. The molecule has 5 rings (SSSR count). The van der Waals surface area contributed by atoms with Crippen molar-refractivity contribution in [1.29, 1.82) is 0 Å². The SMILES string of the molecule is O=C(N/N=C\c1cccc(Oc2ccccc2)c1)c1cc(-c2ccc3ccccc3c2)n[nH]1. The normalized spacial score (nSPS) is 11.0. The van der Waals surface area contributed by atoms with Crippen LogP contribution in [0.5, 0.6) is 11.5 Å². The summed E-state index contributed by atoms with van der Waals surface area (Å²) in [5, 5.41) is 13.4. The maximum atomic E-state index is 12.5. The highest BCUT2D eigenvalue weighted by atomic mass is 16.5. The number of benzene rings is 4. The van der Waals surface area contributed by atoms with E-state index in [0.29, 0.717) is 17.1 Å². The summed E-state index contributed by atoms with van der Waals surface area (Å²) in [7, 11) is 0. The van der Waals surface area contributed by atoms with Crippen molar-refractivity contribution in [3.05, 3.63) is 114 Å². The number of hydrogen-bond acceptors (Lipinski definition) is 4. The number of carbonyl (C=O) groups is 1. The minimum Gasteiger partial charge on any atom is -0.457 e. The molecule has 0 unspecified atom stereocenters. The Hall–Kier alpha value is -4.71. The first kappa shape index (κ1) is 20.2. The molecule has 160 valence electrons. The number of aromatic nitrogens is 2. The van der Waals surface area contributed by atoms with E-state index in [1.165, 1.54) is 0 Å². The molecule has 6 nitrogen and oxygen atoms in total. The van der Waals surface area contributed by atoms with E-state index in [2.05, 4.69) is 32.9 Å². The minimum absolute atomic E-state index is 0.330. The van der Waals surface area contributed by atoms with Gasteiger partial charge in [0.2, 0.25) is 0 Å². The number of hydrogen-bond donors (Lipinski definition) is 2. The number of ether oxygens (including phenoxy) is 1. The molecule has 0 aliphatic heterocycles. The van der Waals surface area contributed by atoms with Gasteiger partial charge >= 0.3 is 0 Å². The average molecular weight is 432 g/mol. The summed E-state index contributed by atoms with van der Waals surface area (Å²) in [5.74, 6) is 1.06. The molecule has 0 aliphatic carbocycles. The number of fused-ring (bicyclic) bond motifs is 1. The number of hydrazone groups is 1. The maximum absolute atomic E-state index is 12.5. The molecule has 1 heterocycles. The number of nitrogens with one attached hydrogen (secondary N) is 2. The second-order valence-electron chi connectivity index (χ2n) is 7.42. The van der Waals surface area contributed by atoms with Crippen LogP contribution in [0.3, 0.4) is 0 Å². The molecular weight excluding hydrogens is 412 g/mol. The Kier molecular flexibility index (Phi) is 5.63. The predicted molar refractivity (Wildman–Crippen MR) is 130 cm³/mol. The number of para-hydroxylation sites is 1. The summed E-state index contributed by atoms with van der Waals surface area (Å²) in [6.07, 6.45) is 1.57. The van der Waals surface area contributed by atoms with Crippen LogP contribution in [0, 0.1) is 0 Å². The summed E-state index contributed by atoms with van der Waals surface area (Å²) in [6, 6.07) is 32.9. The molecule has 4 aromatic carbocycles. The van der Waals surface area contributed by atoms with E-state index in [9.17, 15) is 4.79 Å². The van der Waals surface area contributed by atoms with E-state index in [1.54, 1.807) is 12.3 Å². The van der Waals surface area contributed by atoms with Crippen LogP contribution < -0.4 is 10.2 Å². The van der Waals surface area contributed by atoms with Crippen molar-refractivity contribution in [3.8, 4) is 22.8 Å². The molecule has 0 atom stereocenters. The lowest BCUT2D eigenvalue weighted by Crippen LogP contribution is -2.18. The zero-order valence-corrected chi connectivity index (χ0v) is 17.6. The summed E-state index contributed by atoms with van der Waals surface area (Å²) in [6.45, 7) is 0. The van der Waals surface area contributed by atoms with Crippen molar-refractivity contribution in [3.63, 3.8) is 0 Å². The summed E-state index contributed by atoms with van der Waals surface area (Å²) in [4.78, 5) is 12.5. The van der Waals surface area contributed by atoms with E-state index < -0.39 is 0 Å². The van der Waals surface area contributed by atoms with Crippen LogP contribution in [0.2, 0.25) is 0 Å². The smallest absolute Gasteiger partial charge is 0.289 e. The van der Waals surface area contributed by atoms with Crippen LogP contribution in [0.15, 0.2) is 108 Å². The monoisotopic (exact) mass is 432 g/mol. The first-order valence-corrected chi connectivity index (χ1v) is 10.5. The number of nitrogens with zero attached hydrogens (tertiary/aromatic N) is 2. The number of amides is 1. The molecule has 33 heavy (non-hydrogen) atoms. The van der Waals surface area contributed by atoms with Crippen LogP contribution in [0.1, 0.15) is 16.1 Å². The zero-order chi connectivity index (χ0) is 22.5. The van der Waals surface area contributed by atoms with Crippen LogP contribution in [0.25, 0.3) is 22.0 Å². The average Bonchev–Trinajstić information content (AvgIpc) is 3.35. The van der Waals surface area contributed by atoms with Crippen molar-refractivity contribution in [2.75, 3.05) is 0 Å². The summed E-state index contributed by atoms with van der Waals surface area (Å²) < 4.78 is 5.83. The van der Waals surface area contributed by atoms with Crippen molar-refractivity contribution >= 4 is 22.9 Å². The fourth-order valence-corrected chi connectivity index (χ4v) is 3.44. The molecule has 0 radical (unpaired) electrons. The molecule has 0 saturated heterocycles. The van der Waals surface area contributed by atoms with Crippen LogP contribution in [-0.4, -0.2) is 22.3 Å². The first-order valence-electron chi connectivity index (χ1n) is 10.5. The zero-order valence-electron chi connectivity index (χ0n) is 17.6. The van der Waals surface area contributed by atoms with Gasteiger partial charge in [0.1, 0.15) is 17.2 Å². The lowest BCUT2D eigenvalue weighted by molar-refractivity contribution is 0.0950. The molecule has 0 aliphatic rings. The number of aromatic amines is 1. The van der Waals surface area contributed by atoms with E-state index >= 15 is 0 Å².